The normalized spacial score (nSPS) is 17.8. The van der Waals surface area contributed by atoms with Crippen molar-refractivity contribution in [3.63, 3.8) is 0 Å². The number of halogens is 2. The summed E-state index contributed by atoms with van der Waals surface area (Å²) in [4.78, 5) is 0. The zero-order valence-electron chi connectivity index (χ0n) is 33.2. The van der Waals surface area contributed by atoms with Gasteiger partial charge in [0, 0.05) is 0 Å². The summed E-state index contributed by atoms with van der Waals surface area (Å²) >= 11 is 1.46. The van der Waals surface area contributed by atoms with E-state index in [2.05, 4.69) is 191 Å². The monoisotopic (exact) mass is 814 g/mol. The summed E-state index contributed by atoms with van der Waals surface area (Å²) < 4.78 is 1.42. The van der Waals surface area contributed by atoms with Gasteiger partial charge in [-0.15, -0.1) is 12.5 Å². The zero-order chi connectivity index (χ0) is 36.7. The van der Waals surface area contributed by atoms with Crippen LogP contribution in [0.15, 0.2) is 115 Å². The van der Waals surface area contributed by atoms with E-state index in [1.165, 1.54) is 99.8 Å². The van der Waals surface area contributed by atoms with Gasteiger partial charge in [0.1, 0.15) is 0 Å². The first-order valence-electron chi connectivity index (χ1n) is 18.6. The summed E-state index contributed by atoms with van der Waals surface area (Å²) in [6.07, 6.45) is 16.9. The van der Waals surface area contributed by atoms with Crippen LogP contribution in [-0.4, -0.2) is 3.21 Å². The second-order valence-electron chi connectivity index (χ2n) is 17.1. The predicted octanol–water partition coefficient (Wildman–Crippen LogP) is 7.02. The number of fused-ring (bicyclic) bond motifs is 5. The summed E-state index contributed by atoms with van der Waals surface area (Å²) in [6, 6.07) is 31.1. The summed E-state index contributed by atoms with van der Waals surface area (Å²) in [7, 11) is 0. The van der Waals surface area contributed by atoms with Crippen molar-refractivity contribution in [3.05, 3.63) is 172 Å². The van der Waals surface area contributed by atoms with Gasteiger partial charge in [-0.3, -0.25) is 6.08 Å². The van der Waals surface area contributed by atoms with E-state index in [1.54, 1.807) is 0 Å². The quantitative estimate of drug-likeness (QED) is 0.168. The Morgan fingerprint density at radius 1 is 0.736 bits per heavy atom. The molecule has 3 heteroatoms. The van der Waals surface area contributed by atoms with Crippen molar-refractivity contribution in [3.8, 4) is 11.1 Å². The molecule has 53 heavy (non-hydrogen) atoms. The number of rotatable bonds is 2. The number of hydrogen-bond acceptors (Lipinski definition) is 0. The van der Waals surface area contributed by atoms with E-state index in [1.807, 2.05) is 0 Å². The summed E-state index contributed by atoms with van der Waals surface area (Å²) in [6.45, 7) is 22.8. The van der Waals surface area contributed by atoms with Gasteiger partial charge in [-0.25, -0.2) is 18.6 Å². The third kappa shape index (κ3) is 9.30. The minimum absolute atomic E-state index is 0. The molecule has 8 rings (SSSR count). The molecule has 0 N–H and O–H groups in total. The standard InChI is InChI=1S/C27H29.C13H10.C10H15.2ClH.Zr/c1-16-7-9-26(3,4)24-12-18-11-19-13-25-21(17(2)8-10-27(25,5)6)15-23(19)22(18)14-20(16)24;1-3-7-12(8-4-1)11-13-9-5-2-6-10-13;1-8-5-6-9(7-8)10(2,3)4;;;/h7-9,12-15H,10-11H2,1-6H3;1-10H;6-8H,1-4H3;2*1H;/q-1;;-1;;;+2/p-2. The van der Waals surface area contributed by atoms with Crippen LogP contribution < -0.4 is 24.8 Å². The van der Waals surface area contributed by atoms with Gasteiger partial charge in [0.15, 0.2) is 0 Å². The molecule has 4 aromatic carbocycles. The van der Waals surface area contributed by atoms with Crippen molar-refractivity contribution < 1.29 is 49.0 Å². The van der Waals surface area contributed by atoms with E-state index in [0.29, 0.717) is 11.3 Å². The molecular weight excluding hydrogens is 763 g/mol. The van der Waals surface area contributed by atoms with Gasteiger partial charge in [-0.1, -0.05) is 102 Å². The fraction of sp³-hybridized carbons (Fsp3) is 0.320. The van der Waals surface area contributed by atoms with Crippen LogP contribution in [0.2, 0.25) is 0 Å². The maximum atomic E-state index is 3.26. The molecule has 1 atom stereocenters. The molecule has 0 aromatic heterocycles. The van der Waals surface area contributed by atoms with Gasteiger partial charge in [0.05, 0.1) is 0 Å². The van der Waals surface area contributed by atoms with Gasteiger partial charge in [0.2, 0.25) is 0 Å². The second kappa shape index (κ2) is 16.8. The summed E-state index contributed by atoms with van der Waals surface area (Å²) in [5.41, 5.74) is 19.4. The van der Waals surface area contributed by atoms with Gasteiger partial charge >= 0.3 is 99.2 Å². The fourth-order valence-electron chi connectivity index (χ4n) is 7.60. The molecule has 1 unspecified atom stereocenters. The fourth-order valence-corrected chi connectivity index (χ4v) is 8.42. The Hall–Kier alpha value is -2.96. The van der Waals surface area contributed by atoms with Crippen LogP contribution in [0.1, 0.15) is 120 Å². The van der Waals surface area contributed by atoms with Crippen molar-refractivity contribution in [2.45, 2.75) is 92.9 Å². The molecule has 4 aliphatic rings. The van der Waals surface area contributed by atoms with Gasteiger partial charge in [-0.05, 0) is 70.2 Å². The molecule has 0 bridgehead atoms. The molecule has 4 aliphatic carbocycles. The van der Waals surface area contributed by atoms with Crippen LogP contribution in [0, 0.1) is 23.8 Å². The van der Waals surface area contributed by atoms with Crippen LogP contribution in [0.5, 0.6) is 0 Å². The van der Waals surface area contributed by atoms with Crippen molar-refractivity contribution in [2.24, 2.45) is 11.3 Å². The number of allylic oxidation sites excluding steroid dienone is 8. The zero-order valence-corrected chi connectivity index (χ0v) is 37.2. The van der Waals surface area contributed by atoms with Gasteiger partial charge in [0.25, 0.3) is 0 Å². The Labute approximate surface area is 348 Å². The topological polar surface area (TPSA) is 0 Å². The van der Waals surface area contributed by atoms with Gasteiger partial charge < -0.3 is 24.8 Å². The van der Waals surface area contributed by atoms with E-state index in [4.69, 9.17) is 0 Å². The Morgan fingerprint density at radius 2 is 1.25 bits per heavy atom. The Balaban J connectivity index is 0.000000203. The third-order valence-electron chi connectivity index (χ3n) is 11.0. The minimum atomic E-state index is 0. The Kier molecular flexibility index (Phi) is 13.6. The first-order chi connectivity index (χ1) is 24.0. The van der Waals surface area contributed by atoms with E-state index in [0.717, 1.165) is 12.8 Å². The number of benzene rings is 4. The van der Waals surface area contributed by atoms with E-state index in [-0.39, 0.29) is 35.6 Å². The first-order valence-corrected chi connectivity index (χ1v) is 19.8. The first kappa shape index (κ1) is 42.8. The molecule has 274 valence electrons. The van der Waals surface area contributed by atoms with Crippen LogP contribution in [0.25, 0.3) is 22.3 Å². The van der Waals surface area contributed by atoms with E-state index in [9.17, 15) is 0 Å². The molecule has 0 nitrogen and oxygen atoms in total. The van der Waals surface area contributed by atoms with E-state index >= 15 is 0 Å². The van der Waals surface area contributed by atoms with Crippen LogP contribution in [-0.2, 0) is 41.5 Å². The SMILES string of the molecule is CC1=C[CH-]C(C)(C)c2cc3c(cc21)-c1cc2c(cc1C3)C(C)(C)CC=C2C.CC1[C-]=CC(C(C)(C)C)=C1.[Cl-].[Cl-].[Zr+2]=[C](c1ccccc1)c1ccccc1. The molecule has 0 saturated heterocycles. The predicted molar refractivity (Wildman–Crippen MR) is 218 cm³/mol. The van der Waals surface area contributed by atoms with Gasteiger partial charge in [-0.2, -0.15) is 17.2 Å². The van der Waals surface area contributed by atoms with Crippen molar-refractivity contribution in [1.82, 2.24) is 0 Å². The molecule has 0 spiro atoms. The second-order valence-corrected chi connectivity index (χ2v) is 18.3. The average Bonchev–Trinajstić information content (AvgIpc) is 3.71. The van der Waals surface area contributed by atoms with Crippen LogP contribution >= 0.6 is 0 Å². The van der Waals surface area contributed by atoms with Crippen molar-refractivity contribution in [1.29, 1.82) is 0 Å². The Bertz CT molecular complexity index is 1960. The summed E-state index contributed by atoms with van der Waals surface area (Å²) in [5, 5.41) is 0. The number of hydrogen-bond donors (Lipinski definition) is 0. The average molecular weight is 817 g/mol. The molecule has 4 aromatic rings. The molecule has 0 aliphatic heterocycles. The van der Waals surface area contributed by atoms with Crippen molar-refractivity contribution in [2.75, 3.05) is 0 Å². The molecule has 0 saturated carbocycles. The van der Waals surface area contributed by atoms with Crippen LogP contribution in [0.4, 0.5) is 0 Å². The summed E-state index contributed by atoms with van der Waals surface area (Å²) in [5.74, 6) is 0.522. The third-order valence-corrected chi connectivity index (χ3v) is 12.4. The van der Waals surface area contributed by atoms with Crippen LogP contribution in [0.3, 0.4) is 0 Å². The molecular formula is C50H54Cl2Zr-2. The molecule has 0 fully saturated rings. The Morgan fingerprint density at radius 3 is 1.72 bits per heavy atom. The molecule has 0 heterocycles. The molecule has 0 radical (unpaired) electrons. The van der Waals surface area contributed by atoms with Crippen molar-refractivity contribution >= 4 is 14.4 Å². The molecule has 0 amide bonds. The van der Waals surface area contributed by atoms with E-state index < -0.39 is 0 Å². The maximum absolute atomic E-state index is 3.26.